The van der Waals surface area contributed by atoms with Crippen LogP contribution in [0.2, 0.25) is 0 Å². The van der Waals surface area contributed by atoms with Crippen LogP contribution in [0, 0.1) is 6.92 Å². The van der Waals surface area contributed by atoms with Crippen molar-refractivity contribution in [3.05, 3.63) is 41.1 Å². The van der Waals surface area contributed by atoms with Gasteiger partial charge in [-0.25, -0.2) is 4.79 Å². The maximum atomic E-state index is 12.3. The lowest BCUT2D eigenvalue weighted by molar-refractivity contribution is -0.129. The van der Waals surface area contributed by atoms with Gasteiger partial charge in [0, 0.05) is 26.0 Å². The summed E-state index contributed by atoms with van der Waals surface area (Å²) in [6, 6.07) is 7.68. The molecule has 1 aromatic carbocycles. The number of hydrogen-bond acceptors (Lipinski definition) is 5. The lowest BCUT2D eigenvalue weighted by Gasteiger charge is -2.20. The van der Waals surface area contributed by atoms with Crippen LogP contribution >= 0.6 is 0 Å². The standard InChI is InChI=1S/C18H23N3O3/c1-12-13-8-6-7-9-14(13)19-15(17(12)18(23)24-5)10-21(4)11-16(22)20(2)3/h6-9H,10-11H2,1-5H3. The highest BCUT2D eigenvalue weighted by molar-refractivity contribution is 5.98. The minimum atomic E-state index is -0.409. The average Bonchev–Trinajstić information content (AvgIpc) is 2.54. The summed E-state index contributed by atoms with van der Waals surface area (Å²) in [5.74, 6) is -0.414. The molecule has 0 saturated carbocycles. The highest BCUT2D eigenvalue weighted by Crippen LogP contribution is 2.24. The fraction of sp³-hybridized carbons (Fsp3) is 0.389. The third kappa shape index (κ3) is 3.71. The Bertz CT molecular complexity index is 771. The molecule has 0 fully saturated rings. The fourth-order valence-corrected chi connectivity index (χ4v) is 2.61. The molecule has 0 N–H and O–H groups in total. The topological polar surface area (TPSA) is 62.7 Å². The van der Waals surface area contributed by atoms with E-state index in [9.17, 15) is 9.59 Å². The van der Waals surface area contributed by atoms with E-state index in [4.69, 9.17) is 4.74 Å². The van der Waals surface area contributed by atoms with Crippen LogP contribution in [0.4, 0.5) is 0 Å². The number of carbonyl (C=O) groups excluding carboxylic acids is 2. The van der Waals surface area contributed by atoms with Gasteiger partial charge in [-0.3, -0.25) is 14.7 Å². The Balaban J connectivity index is 2.44. The van der Waals surface area contributed by atoms with Gasteiger partial charge in [0.25, 0.3) is 0 Å². The van der Waals surface area contributed by atoms with Crippen LogP contribution in [0.5, 0.6) is 0 Å². The third-order valence-electron chi connectivity index (χ3n) is 3.94. The van der Waals surface area contributed by atoms with Gasteiger partial charge in [0.1, 0.15) is 0 Å². The van der Waals surface area contributed by atoms with E-state index in [0.29, 0.717) is 17.8 Å². The Morgan fingerprint density at radius 1 is 1.17 bits per heavy atom. The maximum Gasteiger partial charge on any atom is 0.340 e. The zero-order valence-corrected chi connectivity index (χ0v) is 14.8. The number of nitrogens with zero attached hydrogens (tertiary/aromatic N) is 3. The number of methoxy groups -OCH3 is 1. The van der Waals surface area contributed by atoms with Crippen LogP contribution in [0.1, 0.15) is 21.6 Å². The molecule has 1 heterocycles. The molecule has 0 atom stereocenters. The molecule has 6 heteroatoms. The second-order valence-corrected chi connectivity index (χ2v) is 6.03. The molecular weight excluding hydrogens is 306 g/mol. The van der Waals surface area contributed by atoms with Gasteiger partial charge < -0.3 is 9.64 Å². The van der Waals surface area contributed by atoms with Crippen molar-refractivity contribution in [3.8, 4) is 0 Å². The van der Waals surface area contributed by atoms with Crippen molar-refractivity contribution in [1.29, 1.82) is 0 Å². The van der Waals surface area contributed by atoms with Gasteiger partial charge in [-0.1, -0.05) is 18.2 Å². The number of esters is 1. The molecular formula is C18H23N3O3. The summed E-state index contributed by atoms with van der Waals surface area (Å²) in [6.45, 7) is 2.53. The molecule has 0 aliphatic rings. The Morgan fingerprint density at radius 3 is 2.46 bits per heavy atom. The number of hydrogen-bond donors (Lipinski definition) is 0. The minimum absolute atomic E-state index is 0.00497. The van der Waals surface area contributed by atoms with E-state index < -0.39 is 5.97 Å². The van der Waals surface area contributed by atoms with Crippen LogP contribution in [0.15, 0.2) is 24.3 Å². The van der Waals surface area contributed by atoms with Crippen LogP contribution in [0.3, 0.4) is 0 Å². The van der Waals surface area contributed by atoms with E-state index in [1.54, 1.807) is 14.1 Å². The summed E-state index contributed by atoms with van der Waals surface area (Å²) < 4.78 is 4.93. The highest BCUT2D eigenvalue weighted by Gasteiger charge is 2.21. The van der Waals surface area contributed by atoms with Crippen molar-refractivity contribution >= 4 is 22.8 Å². The Morgan fingerprint density at radius 2 is 1.83 bits per heavy atom. The molecule has 2 aromatic rings. The van der Waals surface area contributed by atoms with Crippen LogP contribution in [-0.2, 0) is 16.1 Å². The van der Waals surface area contributed by atoms with E-state index in [2.05, 4.69) is 4.98 Å². The van der Waals surface area contributed by atoms with Gasteiger partial charge >= 0.3 is 5.97 Å². The van der Waals surface area contributed by atoms with Gasteiger partial charge in [-0.15, -0.1) is 0 Å². The van der Waals surface area contributed by atoms with Crippen molar-refractivity contribution in [3.63, 3.8) is 0 Å². The number of aromatic nitrogens is 1. The highest BCUT2D eigenvalue weighted by atomic mass is 16.5. The predicted molar refractivity (Wildman–Crippen MR) is 92.8 cm³/mol. The number of fused-ring (bicyclic) bond motifs is 1. The van der Waals surface area contributed by atoms with Crippen molar-refractivity contribution < 1.29 is 14.3 Å². The number of benzene rings is 1. The minimum Gasteiger partial charge on any atom is -0.465 e. The van der Waals surface area contributed by atoms with Gasteiger partial charge in [0.2, 0.25) is 5.91 Å². The molecule has 0 aliphatic heterocycles. The molecule has 0 unspecified atom stereocenters. The number of ether oxygens (including phenoxy) is 1. The lowest BCUT2D eigenvalue weighted by atomic mass is 10.0. The zero-order valence-electron chi connectivity index (χ0n) is 14.8. The average molecular weight is 329 g/mol. The predicted octanol–water partition coefficient (Wildman–Crippen LogP) is 1.85. The molecule has 1 aromatic heterocycles. The van der Waals surface area contributed by atoms with Crippen LogP contribution in [-0.4, -0.2) is 61.5 Å². The van der Waals surface area contributed by atoms with Crippen molar-refractivity contribution in [2.75, 3.05) is 34.8 Å². The maximum absolute atomic E-state index is 12.3. The molecule has 0 radical (unpaired) electrons. The normalized spacial score (nSPS) is 10.9. The molecule has 0 aliphatic carbocycles. The van der Waals surface area contributed by atoms with Gasteiger partial charge in [0.05, 0.1) is 30.4 Å². The van der Waals surface area contributed by atoms with E-state index in [1.807, 2.05) is 43.1 Å². The summed E-state index contributed by atoms with van der Waals surface area (Å²) in [6.07, 6.45) is 0. The lowest BCUT2D eigenvalue weighted by Crippen LogP contribution is -2.34. The smallest absolute Gasteiger partial charge is 0.340 e. The van der Waals surface area contributed by atoms with Crippen LogP contribution in [0.25, 0.3) is 10.9 Å². The van der Waals surface area contributed by atoms with Gasteiger partial charge in [-0.2, -0.15) is 0 Å². The van der Waals surface area contributed by atoms with Crippen LogP contribution < -0.4 is 0 Å². The number of amides is 1. The van der Waals surface area contributed by atoms with Gasteiger partial charge in [0.15, 0.2) is 0 Å². The van der Waals surface area contributed by atoms with E-state index in [0.717, 1.165) is 16.5 Å². The quantitative estimate of drug-likeness (QED) is 0.784. The largest absolute Gasteiger partial charge is 0.465 e. The van der Waals surface area contributed by atoms with Crippen molar-refractivity contribution in [2.24, 2.45) is 0 Å². The second-order valence-electron chi connectivity index (χ2n) is 6.03. The molecule has 0 bridgehead atoms. The number of carbonyl (C=O) groups is 2. The van der Waals surface area contributed by atoms with E-state index in [1.165, 1.54) is 12.0 Å². The number of likely N-dealkylation sites (N-methyl/N-ethyl adjacent to an activating group) is 2. The van der Waals surface area contributed by atoms with Crippen molar-refractivity contribution in [1.82, 2.24) is 14.8 Å². The summed E-state index contributed by atoms with van der Waals surface area (Å²) in [7, 11) is 6.62. The summed E-state index contributed by atoms with van der Waals surface area (Å²) in [5.41, 5.74) is 2.76. The molecule has 128 valence electrons. The molecule has 6 nitrogen and oxygen atoms in total. The summed E-state index contributed by atoms with van der Waals surface area (Å²) in [5, 5.41) is 0.925. The molecule has 2 rings (SSSR count). The summed E-state index contributed by atoms with van der Waals surface area (Å²) in [4.78, 5) is 32.1. The number of rotatable bonds is 5. The number of aryl methyl sites for hydroxylation is 1. The van der Waals surface area contributed by atoms with Crippen molar-refractivity contribution in [2.45, 2.75) is 13.5 Å². The molecule has 0 spiro atoms. The monoisotopic (exact) mass is 329 g/mol. The van der Waals surface area contributed by atoms with E-state index in [-0.39, 0.29) is 12.5 Å². The first-order valence-electron chi connectivity index (χ1n) is 7.70. The SMILES string of the molecule is COC(=O)c1c(CN(C)CC(=O)N(C)C)nc2ccccc2c1C. The third-order valence-corrected chi connectivity index (χ3v) is 3.94. The zero-order chi connectivity index (χ0) is 17.9. The van der Waals surface area contributed by atoms with Gasteiger partial charge in [-0.05, 0) is 25.6 Å². The first-order valence-corrected chi connectivity index (χ1v) is 7.70. The second kappa shape index (κ2) is 7.40. The molecule has 0 saturated heterocycles. The fourth-order valence-electron chi connectivity index (χ4n) is 2.61. The number of para-hydroxylation sites is 1. The Labute approximate surface area is 142 Å². The van der Waals surface area contributed by atoms with E-state index >= 15 is 0 Å². The Kier molecular flexibility index (Phi) is 5.51. The first kappa shape index (κ1) is 17.9. The number of pyridine rings is 1. The Hall–Kier alpha value is -2.47. The molecule has 24 heavy (non-hydrogen) atoms. The molecule has 1 amide bonds. The first-order chi connectivity index (χ1) is 11.3. The summed E-state index contributed by atoms with van der Waals surface area (Å²) >= 11 is 0.